The van der Waals surface area contributed by atoms with E-state index >= 15 is 0 Å². The number of fused-ring (bicyclic) bond motifs is 1. The number of piperazine rings is 1. The fourth-order valence-electron chi connectivity index (χ4n) is 6.43. The summed E-state index contributed by atoms with van der Waals surface area (Å²) in [6.07, 6.45) is 6.81. The summed E-state index contributed by atoms with van der Waals surface area (Å²) >= 11 is 0. The number of ether oxygens (including phenoxy) is 2. The quantitative estimate of drug-likeness (QED) is 0.244. The monoisotopic (exact) mass is 595 g/mol. The molecule has 2 aromatic carbocycles. The first-order chi connectivity index (χ1) is 21.6. The van der Waals surface area contributed by atoms with Crippen molar-refractivity contribution in [3.8, 4) is 28.8 Å². The number of methoxy groups -OCH3 is 1. The largest absolute Gasteiger partial charge is 0.456 e. The number of nitrogens with two attached hydrogens (primary N) is 1. The lowest BCUT2D eigenvalue weighted by molar-refractivity contribution is 0.0815. The molecule has 6 rings (SSSR count). The Kier molecular flexibility index (Phi) is 9.21. The van der Waals surface area contributed by atoms with Crippen LogP contribution in [0.1, 0.15) is 43.7 Å². The highest BCUT2D eigenvalue weighted by molar-refractivity contribution is 5.98. The van der Waals surface area contributed by atoms with Gasteiger partial charge in [0.2, 0.25) is 0 Å². The van der Waals surface area contributed by atoms with Crippen molar-refractivity contribution < 1.29 is 9.47 Å². The van der Waals surface area contributed by atoms with Crippen LogP contribution in [0.25, 0.3) is 22.3 Å². The Bertz CT molecular complexity index is 1600. The predicted octanol–water partition coefficient (Wildman–Crippen LogP) is 4.92. The van der Waals surface area contributed by atoms with Crippen LogP contribution in [0.3, 0.4) is 0 Å². The number of anilines is 2. The molecule has 230 valence electrons. The number of nitrogen functional groups attached to an aromatic ring is 1. The molecule has 0 bridgehead atoms. The van der Waals surface area contributed by atoms with Crippen LogP contribution < -0.4 is 15.8 Å². The molecule has 0 spiro atoms. The van der Waals surface area contributed by atoms with Crippen molar-refractivity contribution in [3.05, 3.63) is 54.4 Å². The van der Waals surface area contributed by atoms with Crippen LogP contribution in [0.5, 0.6) is 11.5 Å². The molecule has 4 aromatic rings. The normalized spacial score (nSPS) is 19.6. The van der Waals surface area contributed by atoms with E-state index in [1.807, 2.05) is 36.4 Å². The van der Waals surface area contributed by atoms with Crippen LogP contribution in [-0.2, 0) is 4.74 Å². The van der Waals surface area contributed by atoms with Crippen LogP contribution >= 0.6 is 0 Å². The number of nitriles is 1. The van der Waals surface area contributed by atoms with Crippen molar-refractivity contribution in [2.75, 3.05) is 64.5 Å². The molecule has 1 aliphatic carbocycles. The summed E-state index contributed by atoms with van der Waals surface area (Å²) < 4.78 is 13.4. The van der Waals surface area contributed by atoms with Gasteiger partial charge in [0.05, 0.1) is 17.1 Å². The summed E-state index contributed by atoms with van der Waals surface area (Å²) in [5, 5.41) is 19.1. The zero-order valence-electron chi connectivity index (χ0n) is 25.6. The first kappa shape index (κ1) is 29.8. The van der Waals surface area contributed by atoms with Crippen LogP contribution in [0.15, 0.2) is 48.8 Å². The molecule has 0 radical (unpaired) electrons. The molecular weight excluding hydrogens is 554 g/mol. The first-order valence-electron chi connectivity index (χ1n) is 15.5. The van der Waals surface area contributed by atoms with Gasteiger partial charge in [-0.05, 0) is 75.5 Å². The van der Waals surface area contributed by atoms with E-state index in [1.54, 1.807) is 13.2 Å². The van der Waals surface area contributed by atoms with E-state index in [1.165, 1.54) is 6.33 Å². The van der Waals surface area contributed by atoms with E-state index in [9.17, 15) is 5.26 Å². The molecule has 11 nitrogen and oxygen atoms in total. The summed E-state index contributed by atoms with van der Waals surface area (Å²) in [4.78, 5) is 14.0. The van der Waals surface area contributed by atoms with Gasteiger partial charge in [-0.3, -0.25) is 4.90 Å². The Morgan fingerprint density at radius 2 is 1.75 bits per heavy atom. The third-order valence-corrected chi connectivity index (χ3v) is 8.92. The number of rotatable bonds is 10. The van der Waals surface area contributed by atoms with E-state index in [4.69, 9.17) is 20.3 Å². The Balaban J connectivity index is 1.19. The molecule has 0 unspecified atom stereocenters. The molecule has 3 heterocycles. The molecule has 2 fully saturated rings. The van der Waals surface area contributed by atoms with Crippen molar-refractivity contribution in [2.45, 2.75) is 44.2 Å². The number of nitrogens with zero attached hydrogens (tertiary/aromatic N) is 7. The number of likely N-dealkylation sites (N-methyl/N-ethyl adjacent to an activating group) is 1. The first-order valence-corrected chi connectivity index (χ1v) is 15.5. The number of hydrogen-bond donors (Lipinski definition) is 2. The van der Waals surface area contributed by atoms with Crippen molar-refractivity contribution >= 4 is 22.5 Å². The van der Waals surface area contributed by atoms with Crippen molar-refractivity contribution in [3.63, 3.8) is 0 Å². The molecule has 2 aromatic heterocycles. The summed E-state index contributed by atoms with van der Waals surface area (Å²) in [6.45, 7) is 5.95. The summed E-state index contributed by atoms with van der Waals surface area (Å²) in [5.74, 6) is 1.55. The number of nitrogens with one attached hydrogen (secondary N) is 1. The van der Waals surface area contributed by atoms with Gasteiger partial charge in [0.1, 0.15) is 41.0 Å². The van der Waals surface area contributed by atoms with Crippen molar-refractivity contribution in [1.82, 2.24) is 29.5 Å². The molecular formula is C33H41N9O2. The van der Waals surface area contributed by atoms with Crippen LogP contribution in [0.4, 0.5) is 11.5 Å². The third kappa shape index (κ3) is 6.33. The molecule has 11 heteroatoms. The molecule has 0 amide bonds. The fraction of sp³-hybridized carbons (Fsp3) is 0.455. The minimum Gasteiger partial charge on any atom is -0.456 e. The zero-order valence-corrected chi connectivity index (χ0v) is 25.6. The second-order valence-electron chi connectivity index (χ2n) is 11.7. The van der Waals surface area contributed by atoms with Gasteiger partial charge < -0.3 is 25.4 Å². The second kappa shape index (κ2) is 13.6. The van der Waals surface area contributed by atoms with E-state index < -0.39 is 0 Å². The van der Waals surface area contributed by atoms with Crippen LogP contribution in [0, 0.1) is 11.3 Å². The minimum atomic E-state index is 0.270. The molecule has 0 atom stereocenters. The van der Waals surface area contributed by atoms with Gasteiger partial charge in [0.25, 0.3) is 0 Å². The third-order valence-electron chi connectivity index (χ3n) is 8.92. The minimum absolute atomic E-state index is 0.270. The summed E-state index contributed by atoms with van der Waals surface area (Å²) in [5.41, 5.74) is 10.1. The molecule has 2 aliphatic rings. The molecule has 3 N–H and O–H groups in total. The molecule has 1 saturated carbocycles. The number of aromatic nitrogens is 4. The topological polar surface area (TPSA) is 130 Å². The summed E-state index contributed by atoms with van der Waals surface area (Å²) in [7, 11) is 3.88. The highest BCUT2D eigenvalue weighted by Crippen LogP contribution is 2.38. The average Bonchev–Trinajstić information content (AvgIpc) is 3.45. The van der Waals surface area contributed by atoms with E-state index in [2.05, 4.69) is 42.9 Å². The fourth-order valence-corrected chi connectivity index (χ4v) is 6.43. The maximum absolute atomic E-state index is 9.87. The standard InChI is InChI=1S/C33H41N9O2/c1-40-16-18-41(19-17-40)24-9-11-25(12-10-24)42-33-30(32(35)37-22-38-33)31(39-42)23-7-13-26(14-8-23)44-29-6-3-5-28(27(29)21-34)36-15-4-20-43-2/h3,5-8,13-14,22,24-25,36H,4,9-12,15-20H2,1-2H3,(H2,35,37,38)/t24-,25-. The Labute approximate surface area is 258 Å². The lowest BCUT2D eigenvalue weighted by Gasteiger charge is -2.41. The van der Waals surface area contributed by atoms with Gasteiger partial charge in [0, 0.05) is 58.0 Å². The van der Waals surface area contributed by atoms with Gasteiger partial charge >= 0.3 is 0 Å². The summed E-state index contributed by atoms with van der Waals surface area (Å²) in [6, 6.07) is 16.5. The van der Waals surface area contributed by atoms with E-state index in [0.717, 1.165) is 86.3 Å². The smallest absolute Gasteiger partial charge is 0.164 e. The lowest BCUT2D eigenvalue weighted by atomic mass is 9.90. The molecule has 1 aliphatic heterocycles. The average molecular weight is 596 g/mol. The van der Waals surface area contributed by atoms with Gasteiger partial charge in [-0.15, -0.1) is 0 Å². The maximum atomic E-state index is 9.87. The number of benzene rings is 2. The van der Waals surface area contributed by atoms with Crippen molar-refractivity contribution in [1.29, 1.82) is 5.26 Å². The Hall–Kier alpha value is -4.24. The highest BCUT2D eigenvalue weighted by Gasteiger charge is 2.30. The maximum Gasteiger partial charge on any atom is 0.164 e. The van der Waals surface area contributed by atoms with Crippen molar-refractivity contribution in [2.24, 2.45) is 0 Å². The SMILES string of the molecule is COCCCNc1cccc(Oc2ccc(-c3nn([C@H]4CC[C@H](N5CCN(C)CC5)CC4)c4ncnc(N)c34)cc2)c1C#N. The van der Waals surface area contributed by atoms with E-state index in [0.29, 0.717) is 42.1 Å². The van der Waals surface area contributed by atoms with Gasteiger partial charge in [0.15, 0.2) is 5.65 Å². The van der Waals surface area contributed by atoms with Gasteiger partial charge in [-0.25, -0.2) is 14.6 Å². The van der Waals surface area contributed by atoms with Crippen LogP contribution in [-0.4, -0.2) is 89.1 Å². The van der Waals surface area contributed by atoms with Gasteiger partial charge in [-0.2, -0.15) is 10.4 Å². The molecule has 44 heavy (non-hydrogen) atoms. The Morgan fingerprint density at radius 3 is 2.48 bits per heavy atom. The highest BCUT2D eigenvalue weighted by atomic mass is 16.5. The van der Waals surface area contributed by atoms with Gasteiger partial charge in [-0.1, -0.05) is 6.07 Å². The van der Waals surface area contributed by atoms with E-state index in [-0.39, 0.29) is 6.04 Å². The van der Waals surface area contributed by atoms with Crippen LogP contribution in [0.2, 0.25) is 0 Å². The number of hydrogen-bond acceptors (Lipinski definition) is 10. The predicted molar refractivity (Wildman–Crippen MR) is 172 cm³/mol. The Morgan fingerprint density at radius 1 is 1.00 bits per heavy atom. The lowest BCUT2D eigenvalue weighted by Crippen LogP contribution is -2.49. The second-order valence-corrected chi connectivity index (χ2v) is 11.7. The molecule has 1 saturated heterocycles. The zero-order chi connectivity index (χ0) is 30.5.